The zero-order valence-electron chi connectivity index (χ0n) is 20.1. The third-order valence-electron chi connectivity index (χ3n) is 6.92. The van der Waals surface area contributed by atoms with E-state index in [1.807, 2.05) is 36.1 Å². The van der Waals surface area contributed by atoms with E-state index in [1.165, 1.54) is 17.0 Å². The lowest BCUT2D eigenvalue weighted by Crippen LogP contribution is -2.54. The number of piperazine rings is 1. The number of carbonyl (C=O) groups excluding carboxylic acids is 3. The predicted molar refractivity (Wildman–Crippen MR) is 135 cm³/mol. The van der Waals surface area contributed by atoms with E-state index in [1.54, 1.807) is 12.1 Å². The Hall–Kier alpha value is -2.61. The number of imide groups is 1. The molecule has 0 bridgehead atoms. The smallest absolute Gasteiger partial charge is 0.243 e. The molecule has 2 aliphatic heterocycles. The van der Waals surface area contributed by atoms with Gasteiger partial charge in [-0.2, -0.15) is 0 Å². The molecule has 0 atom stereocenters. The van der Waals surface area contributed by atoms with Crippen molar-refractivity contribution in [1.82, 2.24) is 14.7 Å². The Morgan fingerprint density at radius 3 is 2.17 bits per heavy atom. The highest BCUT2D eigenvalue weighted by Crippen LogP contribution is 2.22. The first kappa shape index (κ1) is 27.0. The fourth-order valence-corrected chi connectivity index (χ4v) is 4.86. The highest BCUT2D eigenvalue weighted by molar-refractivity contribution is 5.99. The Morgan fingerprint density at radius 2 is 1.54 bits per heavy atom. The molecule has 2 heterocycles. The number of likely N-dealkylation sites (tertiary alicyclic amines) is 1. The molecule has 2 fully saturated rings. The number of amides is 2. The Morgan fingerprint density at radius 1 is 0.914 bits per heavy atom. The van der Waals surface area contributed by atoms with Gasteiger partial charge in [0.2, 0.25) is 11.8 Å². The minimum absolute atomic E-state index is 0. The summed E-state index contributed by atoms with van der Waals surface area (Å²) in [5.74, 6) is -0.552. The van der Waals surface area contributed by atoms with Gasteiger partial charge in [-0.05, 0) is 81.2 Å². The monoisotopic (exact) mass is 501 g/mol. The topological polar surface area (TPSA) is 60.9 Å². The van der Waals surface area contributed by atoms with E-state index in [0.29, 0.717) is 18.7 Å². The van der Waals surface area contributed by atoms with Gasteiger partial charge in [-0.1, -0.05) is 24.3 Å². The summed E-state index contributed by atoms with van der Waals surface area (Å²) in [6.07, 6.45) is 2.27. The van der Waals surface area contributed by atoms with Crippen LogP contribution in [0.15, 0.2) is 48.5 Å². The number of halogens is 2. The molecule has 4 rings (SSSR count). The quantitative estimate of drug-likeness (QED) is 0.407. The lowest BCUT2D eigenvalue weighted by molar-refractivity contribution is -0.151. The lowest BCUT2D eigenvalue weighted by atomic mass is 9.89. The maximum atomic E-state index is 13.1. The van der Waals surface area contributed by atoms with E-state index >= 15 is 0 Å². The maximum absolute atomic E-state index is 13.1. The van der Waals surface area contributed by atoms with Crippen LogP contribution in [-0.4, -0.2) is 71.6 Å². The van der Waals surface area contributed by atoms with Crippen LogP contribution in [0, 0.1) is 18.7 Å². The SMILES string of the molecule is Cc1ccccc1CN1CC(=O)N(CCCN2CCC(C(=O)c3ccc(F)cc3)CC2)C(=O)C1.Cl. The van der Waals surface area contributed by atoms with Crippen LogP contribution in [0.1, 0.15) is 40.7 Å². The maximum Gasteiger partial charge on any atom is 0.243 e. The molecule has 0 N–H and O–H groups in total. The lowest BCUT2D eigenvalue weighted by Gasteiger charge is -2.34. The van der Waals surface area contributed by atoms with Gasteiger partial charge in [0.1, 0.15) is 5.82 Å². The summed E-state index contributed by atoms with van der Waals surface area (Å²) in [5, 5.41) is 0. The molecule has 2 aromatic carbocycles. The van der Waals surface area contributed by atoms with Crippen molar-refractivity contribution in [3.63, 3.8) is 0 Å². The summed E-state index contributed by atoms with van der Waals surface area (Å²) in [5.41, 5.74) is 2.87. The number of rotatable bonds is 8. The average molecular weight is 502 g/mol. The minimum Gasteiger partial charge on any atom is -0.303 e. The number of nitrogens with zero attached hydrogens (tertiary/aromatic N) is 3. The molecule has 0 saturated carbocycles. The van der Waals surface area contributed by atoms with Gasteiger partial charge >= 0.3 is 0 Å². The minimum atomic E-state index is -0.337. The number of carbonyl (C=O) groups is 3. The second-order valence-electron chi connectivity index (χ2n) is 9.35. The number of benzene rings is 2. The summed E-state index contributed by atoms with van der Waals surface area (Å²) in [6, 6.07) is 13.8. The first-order valence-electron chi connectivity index (χ1n) is 12.0. The first-order chi connectivity index (χ1) is 16.4. The normalized spacial score (nSPS) is 17.9. The molecule has 0 spiro atoms. The van der Waals surface area contributed by atoms with E-state index in [9.17, 15) is 18.8 Å². The summed E-state index contributed by atoms with van der Waals surface area (Å²) in [7, 11) is 0. The van der Waals surface area contributed by atoms with Gasteiger partial charge in [-0.25, -0.2) is 4.39 Å². The molecule has 35 heavy (non-hydrogen) atoms. The standard InChI is InChI=1S/C27H32FN3O3.ClH/c1-20-5-2-3-6-23(20)17-30-18-25(32)31(26(33)19-30)14-4-13-29-15-11-22(12-16-29)27(34)21-7-9-24(28)10-8-21;/h2-3,5-10,22H,4,11-19H2,1H3;1H. The molecule has 2 aliphatic rings. The van der Waals surface area contributed by atoms with Crippen molar-refractivity contribution in [2.45, 2.75) is 32.7 Å². The second-order valence-corrected chi connectivity index (χ2v) is 9.35. The molecule has 0 radical (unpaired) electrons. The van der Waals surface area contributed by atoms with Crippen LogP contribution in [0.25, 0.3) is 0 Å². The van der Waals surface area contributed by atoms with Gasteiger partial charge in [0, 0.05) is 24.6 Å². The van der Waals surface area contributed by atoms with Gasteiger partial charge in [0.25, 0.3) is 0 Å². The Bertz CT molecular complexity index is 1020. The summed E-state index contributed by atoms with van der Waals surface area (Å²) >= 11 is 0. The van der Waals surface area contributed by atoms with Gasteiger partial charge in [0.15, 0.2) is 5.78 Å². The van der Waals surface area contributed by atoms with Crippen LogP contribution in [0.5, 0.6) is 0 Å². The number of Topliss-reactive ketones (excluding diaryl/α,β-unsaturated/α-hetero) is 1. The molecule has 2 aromatic rings. The third-order valence-corrected chi connectivity index (χ3v) is 6.92. The van der Waals surface area contributed by atoms with Crippen molar-refractivity contribution in [3.8, 4) is 0 Å². The van der Waals surface area contributed by atoms with Crippen LogP contribution >= 0.6 is 12.4 Å². The number of aryl methyl sites for hydroxylation is 1. The molecule has 0 aliphatic carbocycles. The van der Waals surface area contributed by atoms with Crippen molar-refractivity contribution in [2.24, 2.45) is 5.92 Å². The molecular weight excluding hydrogens is 469 g/mol. The van der Waals surface area contributed by atoms with Crippen LogP contribution in [0.3, 0.4) is 0 Å². The van der Waals surface area contributed by atoms with E-state index < -0.39 is 0 Å². The molecular formula is C27H33ClFN3O3. The van der Waals surface area contributed by atoms with Gasteiger partial charge in [0.05, 0.1) is 13.1 Å². The summed E-state index contributed by atoms with van der Waals surface area (Å²) in [4.78, 5) is 43.5. The zero-order valence-corrected chi connectivity index (χ0v) is 20.9. The highest BCUT2D eigenvalue weighted by atomic mass is 35.5. The van der Waals surface area contributed by atoms with Crippen molar-refractivity contribution < 1.29 is 18.8 Å². The largest absolute Gasteiger partial charge is 0.303 e. The number of hydrogen-bond acceptors (Lipinski definition) is 5. The highest BCUT2D eigenvalue weighted by Gasteiger charge is 2.31. The van der Waals surface area contributed by atoms with Crippen LogP contribution < -0.4 is 0 Å². The molecule has 2 saturated heterocycles. The van der Waals surface area contributed by atoms with Gasteiger partial charge in [-0.15, -0.1) is 12.4 Å². The van der Waals surface area contributed by atoms with Crippen molar-refractivity contribution in [2.75, 3.05) is 39.3 Å². The van der Waals surface area contributed by atoms with E-state index in [-0.39, 0.29) is 54.8 Å². The Kier molecular flexibility index (Phi) is 9.55. The van der Waals surface area contributed by atoms with Crippen molar-refractivity contribution in [3.05, 3.63) is 71.0 Å². The Balaban J connectivity index is 0.00000342. The van der Waals surface area contributed by atoms with E-state index in [4.69, 9.17) is 0 Å². The van der Waals surface area contributed by atoms with E-state index in [0.717, 1.165) is 50.0 Å². The van der Waals surface area contributed by atoms with Gasteiger partial charge < -0.3 is 4.90 Å². The molecule has 8 heteroatoms. The molecule has 0 unspecified atom stereocenters. The predicted octanol–water partition coefficient (Wildman–Crippen LogP) is 3.71. The van der Waals surface area contributed by atoms with Crippen LogP contribution in [0.2, 0.25) is 0 Å². The molecule has 6 nitrogen and oxygen atoms in total. The van der Waals surface area contributed by atoms with Crippen LogP contribution in [0.4, 0.5) is 4.39 Å². The van der Waals surface area contributed by atoms with Crippen molar-refractivity contribution >= 4 is 30.0 Å². The number of ketones is 1. The first-order valence-corrected chi connectivity index (χ1v) is 12.0. The zero-order chi connectivity index (χ0) is 24.1. The summed E-state index contributed by atoms with van der Waals surface area (Å²) in [6.45, 7) is 6.01. The van der Waals surface area contributed by atoms with E-state index in [2.05, 4.69) is 4.90 Å². The van der Waals surface area contributed by atoms with Crippen LogP contribution in [-0.2, 0) is 16.1 Å². The molecule has 2 amide bonds. The number of hydrogen-bond donors (Lipinski definition) is 0. The number of piperidine rings is 1. The van der Waals surface area contributed by atoms with Gasteiger partial charge in [-0.3, -0.25) is 24.2 Å². The second kappa shape index (κ2) is 12.4. The van der Waals surface area contributed by atoms with Crippen molar-refractivity contribution in [1.29, 1.82) is 0 Å². The molecule has 0 aromatic heterocycles. The third kappa shape index (κ3) is 6.97. The Labute approximate surface area is 212 Å². The fraction of sp³-hybridized carbons (Fsp3) is 0.444. The molecule has 188 valence electrons. The summed E-state index contributed by atoms with van der Waals surface area (Å²) < 4.78 is 13.1. The average Bonchev–Trinajstić information content (AvgIpc) is 2.83. The fourth-order valence-electron chi connectivity index (χ4n) is 4.86.